The summed E-state index contributed by atoms with van der Waals surface area (Å²) in [5.74, 6) is 0.841. The van der Waals surface area contributed by atoms with Crippen LogP contribution in [-0.2, 0) is 6.54 Å². The Kier molecular flexibility index (Phi) is 4.92. The first kappa shape index (κ1) is 19.2. The lowest BCUT2D eigenvalue weighted by molar-refractivity contribution is 0.489. The van der Waals surface area contributed by atoms with E-state index in [1.807, 2.05) is 30.9 Å². The third-order valence-electron chi connectivity index (χ3n) is 6.61. The van der Waals surface area contributed by atoms with E-state index in [-0.39, 0.29) is 0 Å². The van der Waals surface area contributed by atoms with Crippen LogP contribution in [0.3, 0.4) is 0 Å². The predicted octanol–water partition coefficient (Wildman–Crippen LogP) is 5.45. The second-order valence-electron chi connectivity index (χ2n) is 8.84. The summed E-state index contributed by atoms with van der Waals surface area (Å²) in [5, 5.41) is 13.6. The Morgan fingerprint density at radius 3 is 2.75 bits per heavy atom. The maximum Gasteiger partial charge on any atom is 0.116 e. The van der Waals surface area contributed by atoms with Crippen LogP contribution in [-0.4, -0.2) is 31.7 Å². The number of pyridine rings is 2. The van der Waals surface area contributed by atoms with Crippen LogP contribution in [0, 0.1) is 5.92 Å². The fraction of sp³-hybridized carbons (Fsp3) is 0.269. The summed E-state index contributed by atoms with van der Waals surface area (Å²) in [6.07, 6.45) is 13.1. The van der Waals surface area contributed by atoms with Gasteiger partial charge in [-0.25, -0.2) is 0 Å². The zero-order valence-electron chi connectivity index (χ0n) is 17.9. The fourth-order valence-electron chi connectivity index (χ4n) is 4.88. The van der Waals surface area contributed by atoms with Gasteiger partial charge in [-0.05, 0) is 66.8 Å². The van der Waals surface area contributed by atoms with Gasteiger partial charge in [-0.15, -0.1) is 0 Å². The molecule has 4 heterocycles. The highest BCUT2D eigenvalue weighted by Gasteiger charge is 2.15. The molecule has 32 heavy (non-hydrogen) atoms. The molecule has 4 aromatic heterocycles. The van der Waals surface area contributed by atoms with Gasteiger partial charge in [0.2, 0.25) is 0 Å². The highest BCUT2D eigenvalue weighted by Crippen LogP contribution is 2.31. The van der Waals surface area contributed by atoms with E-state index in [0.717, 1.165) is 63.3 Å². The maximum atomic E-state index is 4.59. The van der Waals surface area contributed by atoms with Gasteiger partial charge in [0.25, 0.3) is 0 Å². The summed E-state index contributed by atoms with van der Waals surface area (Å²) in [7, 11) is 0. The van der Waals surface area contributed by atoms with Crippen molar-refractivity contribution in [1.29, 1.82) is 0 Å². The van der Waals surface area contributed by atoms with Crippen LogP contribution in [0.15, 0.2) is 61.2 Å². The number of nitrogens with one attached hydrogen (secondary N) is 3. The van der Waals surface area contributed by atoms with Gasteiger partial charge in [0.1, 0.15) is 5.69 Å². The molecule has 160 valence electrons. The predicted molar refractivity (Wildman–Crippen MR) is 128 cm³/mol. The van der Waals surface area contributed by atoms with Crippen molar-refractivity contribution in [3.8, 4) is 22.5 Å². The number of benzene rings is 1. The van der Waals surface area contributed by atoms with Crippen LogP contribution in [0.5, 0.6) is 0 Å². The molecule has 0 spiro atoms. The summed E-state index contributed by atoms with van der Waals surface area (Å²) < 4.78 is 0. The largest absolute Gasteiger partial charge is 0.352 e. The topological polar surface area (TPSA) is 82.3 Å². The zero-order valence-corrected chi connectivity index (χ0v) is 17.9. The summed E-state index contributed by atoms with van der Waals surface area (Å²) in [6.45, 7) is 1.97. The number of H-pyrrole nitrogens is 2. The third-order valence-corrected chi connectivity index (χ3v) is 6.61. The smallest absolute Gasteiger partial charge is 0.116 e. The Labute approximate surface area is 186 Å². The molecule has 0 aliphatic heterocycles. The normalized spacial score (nSPS) is 14.6. The monoisotopic (exact) mass is 422 g/mol. The van der Waals surface area contributed by atoms with Gasteiger partial charge in [-0.3, -0.25) is 15.1 Å². The third kappa shape index (κ3) is 3.67. The highest BCUT2D eigenvalue weighted by molar-refractivity contribution is 5.97. The van der Waals surface area contributed by atoms with Crippen molar-refractivity contribution in [2.45, 2.75) is 32.2 Å². The SMILES string of the molecule is c1cc2cc(-c3n[nH]c4ccc(-c5cncc(CNCC6CCCC6)c5)cc34)[nH]c2cn1. The molecule has 1 aromatic carbocycles. The molecule has 5 aromatic rings. The molecule has 1 saturated carbocycles. The average molecular weight is 423 g/mol. The van der Waals surface area contributed by atoms with Crippen molar-refractivity contribution >= 4 is 21.8 Å². The van der Waals surface area contributed by atoms with Crippen molar-refractivity contribution in [2.75, 3.05) is 6.54 Å². The van der Waals surface area contributed by atoms with Crippen molar-refractivity contribution in [3.05, 3.63) is 66.7 Å². The molecule has 1 aliphatic carbocycles. The van der Waals surface area contributed by atoms with Gasteiger partial charge >= 0.3 is 0 Å². The van der Waals surface area contributed by atoms with Crippen LogP contribution < -0.4 is 5.32 Å². The Balaban J connectivity index is 1.28. The van der Waals surface area contributed by atoms with Gasteiger partial charge in [-0.1, -0.05) is 18.9 Å². The van der Waals surface area contributed by atoms with E-state index in [9.17, 15) is 0 Å². The molecule has 6 rings (SSSR count). The van der Waals surface area contributed by atoms with E-state index in [1.54, 1.807) is 0 Å². The van der Waals surface area contributed by atoms with E-state index in [4.69, 9.17) is 0 Å². The van der Waals surface area contributed by atoms with Gasteiger partial charge < -0.3 is 10.3 Å². The lowest BCUT2D eigenvalue weighted by Crippen LogP contribution is -2.20. The van der Waals surface area contributed by atoms with Crippen LogP contribution >= 0.6 is 0 Å². The minimum Gasteiger partial charge on any atom is -0.352 e. The van der Waals surface area contributed by atoms with E-state index in [2.05, 4.69) is 60.8 Å². The number of aromatic nitrogens is 5. The van der Waals surface area contributed by atoms with Crippen molar-refractivity contribution in [2.24, 2.45) is 5.92 Å². The molecule has 0 amide bonds. The van der Waals surface area contributed by atoms with E-state index >= 15 is 0 Å². The number of fused-ring (bicyclic) bond motifs is 2. The van der Waals surface area contributed by atoms with Crippen molar-refractivity contribution < 1.29 is 0 Å². The molecule has 0 unspecified atom stereocenters. The molecule has 6 heteroatoms. The van der Waals surface area contributed by atoms with Crippen LogP contribution in [0.2, 0.25) is 0 Å². The second-order valence-corrected chi connectivity index (χ2v) is 8.84. The van der Waals surface area contributed by atoms with Gasteiger partial charge in [0, 0.05) is 41.5 Å². The number of hydrogen-bond acceptors (Lipinski definition) is 4. The molecule has 1 aliphatic rings. The van der Waals surface area contributed by atoms with Gasteiger partial charge in [0.05, 0.1) is 22.9 Å². The zero-order chi connectivity index (χ0) is 21.3. The van der Waals surface area contributed by atoms with Crippen molar-refractivity contribution in [1.82, 2.24) is 30.5 Å². The van der Waals surface area contributed by atoms with Gasteiger partial charge in [0.15, 0.2) is 0 Å². The Morgan fingerprint density at radius 1 is 0.906 bits per heavy atom. The molecule has 0 atom stereocenters. The van der Waals surface area contributed by atoms with Gasteiger partial charge in [-0.2, -0.15) is 5.10 Å². The highest BCUT2D eigenvalue weighted by atomic mass is 15.1. The number of aromatic amines is 2. The molecule has 0 bridgehead atoms. The fourth-order valence-corrected chi connectivity index (χ4v) is 4.88. The average Bonchev–Trinajstić information content (AvgIpc) is 3.58. The van der Waals surface area contributed by atoms with Crippen molar-refractivity contribution in [3.63, 3.8) is 0 Å². The first-order valence-corrected chi connectivity index (χ1v) is 11.4. The summed E-state index contributed by atoms with van der Waals surface area (Å²) >= 11 is 0. The summed E-state index contributed by atoms with van der Waals surface area (Å²) in [5.41, 5.74) is 7.42. The van der Waals surface area contributed by atoms with E-state index in [0.29, 0.717) is 0 Å². The summed E-state index contributed by atoms with van der Waals surface area (Å²) in [6, 6.07) is 12.8. The standard InChI is InChI=1S/C26H26N6/c1-2-4-17(3-1)12-28-13-18-9-21(15-29-14-18)19-5-6-23-22(10-19)26(32-31-23)24-11-20-7-8-27-16-25(20)30-24/h5-11,14-17,28,30H,1-4,12-13H2,(H,31,32). The molecule has 1 fully saturated rings. The molecule has 0 radical (unpaired) electrons. The Bertz CT molecular complexity index is 1340. The van der Waals surface area contributed by atoms with Crippen LogP contribution in [0.4, 0.5) is 0 Å². The molecular weight excluding hydrogens is 396 g/mol. The summed E-state index contributed by atoms with van der Waals surface area (Å²) in [4.78, 5) is 12.2. The Morgan fingerprint density at radius 2 is 1.84 bits per heavy atom. The lowest BCUT2D eigenvalue weighted by atomic mass is 10.0. The number of nitrogens with zero attached hydrogens (tertiary/aromatic N) is 3. The lowest BCUT2D eigenvalue weighted by Gasteiger charge is -2.11. The minimum absolute atomic E-state index is 0.841. The molecule has 6 nitrogen and oxygen atoms in total. The van der Waals surface area contributed by atoms with Crippen LogP contribution in [0.25, 0.3) is 44.3 Å². The quantitative estimate of drug-likeness (QED) is 0.340. The maximum absolute atomic E-state index is 4.59. The molecule has 0 saturated heterocycles. The first-order chi connectivity index (χ1) is 15.8. The number of hydrogen-bond donors (Lipinski definition) is 3. The Hall–Kier alpha value is -3.51. The van der Waals surface area contributed by atoms with E-state index < -0.39 is 0 Å². The molecule has 3 N–H and O–H groups in total. The molecular formula is C26H26N6. The van der Waals surface area contributed by atoms with E-state index in [1.165, 1.54) is 31.2 Å². The first-order valence-electron chi connectivity index (χ1n) is 11.4. The van der Waals surface area contributed by atoms with Crippen LogP contribution in [0.1, 0.15) is 31.2 Å². The number of rotatable bonds is 6. The minimum atomic E-state index is 0.841. The second kappa shape index (κ2) is 8.20.